The fourth-order valence-electron chi connectivity index (χ4n) is 2.47. The number of halogens is 6. The van der Waals surface area contributed by atoms with Crippen LogP contribution in [-0.2, 0) is 0 Å². The Morgan fingerprint density at radius 1 is 0.789 bits per heavy atom. The lowest BCUT2D eigenvalue weighted by Gasteiger charge is -2.20. The number of hydrogen-bond acceptors (Lipinski definition) is 1. The Morgan fingerprint density at radius 2 is 1.16 bits per heavy atom. The number of benzene rings is 1. The van der Waals surface area contributed by atoms with Gasteiger partial charge in [0.25, 0.3) is 0 Å². The Bertz CT molecular complexity index is 445. The van der Waals surface area contributed by atoms with Crippen LogP contribution in [0.2, 0.25) is 0 Å². The van der Waals surface area contributed by atoms with Crippen LogP contribution in [0.1, 0.15) is 37.3 Å². The molecule has 0 heterocycles. The summed E-state index contributed by atoms with van der Waals surface area (Å²) in [5, 5.41) is 0. The first kappa shape index (κ1) is 16.2. The second kappa shape index (κ2) is 6.05. The molecule has 108 valence electrons. The van der Waals surface area contributed by atoms with Gasteiger partial charge in [-0.2, -0.15) is 0 Å². The molecule has 2 N–H and O–H groups in total. The summed E-state index contributed by atoms with van der Waals surface area (Å²) in [6.07, 6.45) is 2.99. The SMILES string of the molecule is Cl.N[C@H](c1c(F)c(F)c(F)c(F)c1F)C1CCCC1. The summed E-state index contributed by atoms with van der Waals surface area (Å²) in [5.74, 6) is -9.88. The minimum absolute atomic E-state index is 0. The van der Waals surface area contributed by atoms with Crippen molar-refractivity contribution in [2.45, 2.75) is 31.7 Å². The van der Waals surface area contributed by atoms with E-state index in [1.54, 1.807) is 0 Å². The van der Waals surface area contributed by atoms with Crippen molar-refractivity contribution in [1.29, 1.82) is 0 Å². The first-order chi connectivity index (χ1) is 8.45. The van der Waals surface area contributed by atoms with Crippen molar-refractivity contribution in [2.24, 2.45) is 11.7 Å². The first-order valence-corrected chi connectivity index (χ1v) is 5.72. The third-order valence-corrected chi connectivity index (χ3v) is 3.48. The molecule has 0 aliphatic heterocycles. The molecule has 19 heavy (non-hydrogen) atoms. The molecule has 0 amide bonds. The minimum Gasteiger partial charge on any atom is -0.324 e. The van der Waals surface area contributed by atoms with Crippen molar-refractivity contribution < 1.29 is 22.0 Å². The van der Waals surface area contributed by atoms with E-state index in [1.807, 2.05) is 0 Å². The molecule has 1 nitrogen and oxygen atoms in total. The van der Waals surface area contributed by atoms with Gasteiger partial charge in [0.1, 0.15) is 0 Å². The summed E-state index contributed by atoms with van der Waals surface area (Å²) in [6, 6.07) is -1.16. The molecule has 2 rings (SSSR count). The maximum atomic E-state index is 13.5. The van der Waals surface area contributed by atoms with Gasteiger partial charge < -0.3 is 5.73 Å². The van der Waals surface area contributed by atoms with Gasteiger partial charge in [0.2, 0.25) is 5.82 Å². The molecule has 0 radical (unpaired) electrons. The highest BCUT2D eigenvalue weighted by Gasteiger charge is 2.33. The second-order valence-corrected chi connectivity index (χ2v) is 4.55. The largest absolute Gasteiger partial charge is 0.324 e. The molecule has 0 saturated heterocycles. The monoisotopic (exact) mass is 301 g/mol. The molecule has 1 aromatic rings. The van der Waals surface area contributed by atoms with Crippen molar-refractivity contribution in [2.75, 3.05) is 0 Å². The van der Waals surface area contributed by atoms with Gasteiger partial charge in [-0.1, -0.05) is 12.8 Å². The number of nitrogens with two attached hydrogens (primary N) is 1. The van der Waals surface area contributed by atoms with E-state index in [9.17, 15) is 22.0 Å². The van der Waals surface area contributed by atoms with Crippen LogP contribution in [0, 0.1) is 35.0 Å². The summed E-state index contributed by atoms with van der Waals surface area (Å²) in [5.41, 5.74) is 4.76. The molecule has 0 aromatic heterocycles. The van der Waals surface area contributed by atoms with E-state index in [4.69, 9.17) is 5.73 Å². The van der Waals surface area contributed by atoms with Gasteiger partial charge in [0.15, 0.2) is 23.3 Å². The topological polar surface area (TPSA) is 26.0 Å². The maximum absolute atomic E-state index is 13.5. The highest BCUT2D eigenvalue weighted by atomic mass is 35.5. The zero-order chi connectivity index (χ0) is 13.4. The highest BCUT2D eigenvalue weighted by Crippen LogP contribution is 2.37. The van der Waals surface area contributed by atoms with Crippen LogP contribution in [0.4, 0.5) is 22.0 Å². The predicted octanol–water partition coefficient (Wildman–Crippen LogP) is 3.99. The molecule has 0 spiro atoms. The maximum Gasteiger partial charge on any atom is 0.200 e. The van der Waals surface area contributed by atoms with Crippen LogP contribution in [-0.4, -0.2) is 0 Å². The molecular formula is C12H13ClF5N. The zero-order valence-corrected chi connectivity index (χ0v) is 10.7. The van der Waals surface area contributed by atoms with Crippen LogP contribution in [0.15, 0.2) is 0 Å². The molecule has 0 bridgehead atoms. The van der Waals surface area contributed by atoms with Gasteiger partial charge in [0.05, 0.1) is 0 Å². The minimum atomic E-state index is -2.15. The number of rotatable bonds is 2. The molecule has 1 aliphatic rings. The lowest BCUT2D eigenvalue weighted by molar-refractivity contribution is 0.344. The summed E-state index contributed by atoms with van der Waals surface area (Å²) in [7, 11) is 0. The third kappa shape index (κ3) is 2.69. The van der Waals surface area contributed by atoms with Crippen LogP contribution in [0.5, 0.6) is 0 Å². The molecular weight excluding hydrogens is 289 g/mol. The number of hydrogen-bond donors (Lipinski definition) is 1. The van der Waals surface area contributed by atoms with Gasteiger partial charge in [-0.3, -0.25) is 0 Å². The van der Waals surface area contributed by atoms with E-state index < -0.39 is 40.7 Å². The third-order valence-electron chi connectivity index (χ3n) is 3.48. The Kier molecular flexibility index (Phi) is 5.15. The van der Waals surface area contributed by atoms with Gasteiger partial charge in [0, 0.05) is 11.6 Å². The lowest BCUT2D eigenvalue weighted by atomic mass is 9.91. The fraction of sp³-hybridized carbons (Fsp3) is 0.500. The standard InChI is InChI=1S/C12H12F5N.ClH/c13-7-6(12(18)5-3-1-2-4-5)8(14)10(16)11(17)9(7)15;/h5,12H,1-4,18H2;1H/t12-;/m0./s1. The molecule has 7 heteroatoms. The zero-order valence-electron chi connectivity index (χ0n) is 9.86. The second-order valence-electron chi connectivity index (χ2n) is 4.55. The van der Waals surface area contributed by atoms with Crippen LogP contribution in [0.25, 0.3) is 0 Å². The van der Waals surface area contributed by atoms with Crippen molar-refractivity contribution in [3.8, 4) is 0 Å². The fourth-order valence-corrected chi connectivity index (χ4v) is 2.47. The Balaban J connectivity index is 0.00000180. The van der Waals surface area contributed by atoms with Crippen LogP contribution >= 0.6 is 12.4 Å². The molecule has 1 atom stereocenters. The first-order valence-electron chi connectivity index (χ1n) is 5.72. The van der Waals surface area contributed by atoms with E-state index in [0.29, 0.717) is 12.8 Å². The van der Waals surface area contributed by atoms with Crippen molar-refractivity contribution in [3.63, 3.8) is 0 Å². The summed E-state index contributed by atoms with van der Waals surface area (Å²) in [4.78, 5) is 0. The van der Waals surface area contributed by atoms with E-state index in [-0.39, 0.29) is 18.3 Å². The van der Waals surface area contributed by atoms with Gasteiger partial charge in [-0.15, -0.1) is 12.4 Å². The Labute approximate surface area is 113 Å². The molecule has 1 fully saturated rings. The van der Waals surface area contributed by atoms with E-state index >= 15 is 0 Å². The van der Waals surface area contributed by atoms with E-state index in [2.05, 4.69) is 0 Å². The molecule has 0 unspecified atom stereocenters. The summed E-state index contributed by atoms with van der Waals surface area (Å²) >= 11 is 0. The summed E-state index contributed by atoms with van der Waals surface area (Å²) in [6.45, 7) is 0. The highest BCUT2D eigenvalue weighted by molar-refractivity contribution is 5.85. The van der Waals surface area contributed by atoms with Gasteiger partial charge in [-0.25, -0.2) is 22.0 Å². The van der Waals surface area contributed by atoms with Crippen LogP contribution < -0.4 is 5.73 Å². The predicted molar refractivity (Wildman–Crippen MR) is 62.4 cm³/mol. The normalized spacial score (nSPS) is 17.4. The Hall–Kier alpha value is -0.880. The van der Waals surface area contributed by atoms with E-state index in [0.717, 1.165) is 12.8 Å². The van der Waals surface area contributed by atoms with Gasteiger partial charge >= 0.3 is 0 Å². The van der Waals surface area contributed by atoms with Crippen molar-refractivity contribution >= 4 is 12.4 Å². The van der Waals surface area contributed by atoms with Crippen molar-refractivity contribution in [1.82, 2.24) is 0 Å². The smallest absolute Gasteiger partial charge is 0.200 e. The molecule has 1 aromatic carbocycles. The summed E-state index contributed by atoms with van der Waals surface area (Å²) < 4.78 is 65.9. The average molecular weight is 302 g/mol. The van der Waals surface area contributed by atoms with Crippen LogP contribution in [0.3, 0.4) is 0 Å². The van der Waals surface area contributed by atoms with Crippen molar-refractivity contribution in [3.05, 3.63) is 34.6 Å². The molecule has 1 saturated carbocycles. The Morgan fingerprint density at radius 3 is 1.58 bits per heavy atom. The van der Waals surface area contributed by atoms with E-state index in [1.165, 1.54) is 0 Å². The van der Waals surface area contributed by atoms with Gasteiger partial charge in [-0.05, 0) is 18.8 Å². The quantitative estimate of drug-likeness (QED) is 0.499. The lowest BCUT2D eigenvalue weighted by Crippen LogP contribution is -2.24. The molecule has 1 aliphatic carbocycles. The average Bonchev–Trinajstić information content (AvgIpc) is 2.88.